The molecule has 1 fully saturated rings. The molecular weight excluding hydrogens is 434 g/mol. The second kappa shape index (κ2) is 8.88. The number of rotatable bonds is 4. The smallest absolute Gasteiger partial charge is 0.269 e. The van der Waals surface area contributed by atoms with Crippen LogP contribution in [0.15, 0.2) is 98.7 Å². The molecular formula is C26H23N3OS2. The van der Waals surface area contributed by atoms with E-state index >= 15 is 0 Å². The van der Waals surface area contributed by atoms with E-state index in [4.69, 9.17) is 4.99 Å². The summed E-state index contributed by atoms with van der Waals surface area (Å²) in [5, 5.41) is 1.71. The third-order valence-corrected chi connectivity index (χ3v) is 7.95. The van der Waals surface area contributed by atoms with Crippen molar-refractivity contribution < 1.29 is 4.79 Å². The van der Waals surface area contributed by atoms with Crippen LogP contribution in [0.25, 0.3) is 0 Å². The highest BCUT2D eigenvalue weighted by molar-refractivity contribution is 8.19. The summed E-state index contributed by atoms with van der Waals surface area (Å²) in [7, 11) is 2.03. The second-order valence-corrected chi connectivity index (χ2v) is 9.80. The van der Waals surface area contributed by atoms with Crippen molar-refractivity contribution in [3.05, 3.63) is 99.9 Å². The molecule has 6 heteroatoms. The number of amides is 1. The van der Waals surface area contributed by atoms with E-state index in [2.05, 4.69) is 36.1 Å². The highest BCUT2D eigenvalue weighted by Gasteiger charge is 2.38. The van der Waals surface area contributed by atoms with Gasteiger partial charge in [0.05, 0.1) is 16.4 Å². The molecule has 0 N–H and O–H groups in total. The molecule has 160 valence electrons. The highest BCUT2D eigenvalue weighted by atomic mass is 32.2. The van der Waals surface area contributed by atoms with E-state index in [9.17, 15) is 4.79 Å². The minimum atomic E-state index is 0.0268. The van der Waals surface area contributed by atoms with Gasteiger partial charge in [0.1, 0.15) is 4.91 Å². The van der Waals surface area contributed by atoms with E-state index in [0.29, 0.717) is 6.54 Å². The zero-order valence-electron chi connectivity index (χ0n) is 18.0. The predicted molar refractivity (Wildman–Crippen MR) is 135 cm³/mol. The number of carbonyl (C=O) groups is 1. The zero-order chi connectivity index (χ0) is 22.1. The van der Waals surface area contributed by atoms with Crippen LogP contribution in [0.5, 0.6) is 0 Å². The van der Waals surface area contributed by atoms with Crippen molar-refractivity contribution in [1.82, 2.24) is 4.90 Å². The Balaban J connectivity index is 1.49. The number of para-hydroxylation sites is 1. The lowest BCUT2D eigenvalue weighted by atomic mass is 10.1. The third kappa shape index (κ3) is 4.08. The Hall–Kier alpha value is -2.96. The fraction of sp³-hybridized carbons (Fsp3) is 0.154. The largest absolute Gasteiger partial charge is 0.337 e. The second-order valence-electron chi connectivity index (χ2n) is 7.79. The maximum Gasteiger partial charge on any atom is 0.269 e. The Labute approximate surface area is 197 Å². The van der Waals surface area contributed by atoms with Gasteiger partial charge >= 0.3 is 0 Å². The first-order valence-electron chi connectivity index (χ1n) is 10.5. The Morgan fingerprint density at radius 3 is 2.34 bits per heavy atom. The van der Waals surface area contributed by atoms with Gasteiger partial charge in [-0.3, -0.25) is 9.69 Å². The number of benzene rings is 3. The molecule has 0 spiro atoms. The van der Waals surface area contributed by atoms with E-state index in [1.165, 1.54) is 27.8 Å². The van der Waals surface area contributed by atoms with Crippen molar-refractivity contribution in [3.63, 3.8) is 0 Å². The molecule has 2 aliphatic heterocycles. The number of thioether (sulfide) groups is 2. The van der Waals surface area contributed by atoms with Gasteiger partial charge in [0.2, 0.25) is 0 Å². The molecule has 2 heterocycles. The molecule has 5 rings (SSSR count). The summed E-state index contributed by atoms with van der Waals surface area (Å²) in [5.74, 6) is 0.0268. The lowest BCUT2D eigenvalue weighted by molar-refractivity contribution is -0.122. The minimum absolute atomic E-state index is 0.0268. The summed E-state index contributed by atoms with van der Waals surface area (Å²) < 4.78 is 0. The number of amidine groups is 1. The molecule has 0 saturated carbocycles. The van der Waals surface area contributed by atoms with Crippen LogP contribution in [-0.2, 0) is 11.2 Å². The van der Waals surface area contributed by atoms with E-state index in [1.54, 1.807) is 11.8 Å². The quantitative estimate of drug-likeness (QED) is 0.436. The Morgan fingerprint density at radius 1 is 0.875 bits per heavy atom. The van der Waals surface area contributed by atoms with Gasteiger partial charge in [-0.05, 0) is 54.9 Å². The third-order valence-electron chi connectivity index (χ3n) is 5.52. The van der Waals surface area contributed by atoms with E-state index in [0.717, 1.165) is 32.9 Å². The molecule has 0 radical (unpaired) electrons. The Bertz CT molecular complexity index is 1220. The highest BCUT2D eigenvalue weighted by Crippen LogP contribution is 2.50. The van der Waals surface area contributed by atoms with Crippen LogP contribution in [0.3, 0.4) is 0 Å². The number of nitrogens with zero attached hydrogens (tertiary/aromatic N) is 3. The molecule has 1 amide bonds. The molecule has 0 unspecified atom stereocenters. The van der Waals surface area contributed by atoms with Crippen molar-refractivity contribution >= 4 is 46.0 Å². The molecule has 0 atom stereocenters. The summed E-state index contributed by atoms with van der Waals surface area (Å²) in [4.78, 5) is 24.3. The Morgan fingerprint density at radius 2 is 1.59 bits per heavy atom. The van der Waals surface area contributed by atoms with Gasteiger partial charge in [0, 0.05) is 18.5 Å². The van der Waals surface area contributed by atoms with E-state index < -0.39 is 0 Å². The first kappa shape index (κ1) is 20.9. The van der Waals surface area contributed by atoms with Crippen LogP contribution in [0.4, 0.5) is 11.4 Å². The molecule has 32 heavy (non-hydrogen) atoms. The van der Waals surface area contributed by atoms with Crippen LogP contribution in [0.1, 0.15) is 11.1 Å². The predicted octanol–water partition coefficient (Wildman–Crippen LogP) is 6.21. The maximum atomic E-state index is 13.6. The molecule has 0 bridgehead atoms. The average molecular weight is 458 g/mol. The van der Waals surface area contributed by atoms with Gasteiger partial charge < -0.3 is 4.90 Å². The van der Waals surface area contributed by atoms with Crippen molar-refractivity contribution in [2.75, 3.05) is 18.5 Å². The lowest BCUT2D eigenvalue weighted by Gasteiger charge is -2.16. The number of carbonyl (C=O) groups excluding carboxylic acids is 1. The normalized spacial score (nSPS) is 19.2. The van der Waals surface area contributed by atoms with Crippen molar-refractivity contribution in [2.24, 2.45) is 4.99 Å². The van der Waals surface area contributed by atoms with Gasteiger partial charge in [0.15, 0.2) is 5.17 Å². The zero-order valence-corrected chi connectivity index (χ0v) is 19.6. The summed E-state index contributed by atoms with van der Waals surface area (Å²) >= 11 is 3.13. The van der Waals surface area contributed by atoms with Gasteiger partial charge in [0.25, 0.3) is 5.91 Å². The first-order chi connectivity index (χ1) is 15.6. The first-order valence-corrected chi connectivity index (χ1v) is 12.2. The fourth-order valence-corrected chi connectivity index (χ4v) is 6.10. The van der Waals surface area contributed by atoms with Gasteiger partial charge in [-0.1, -0.05) is 71.9 Å². The van der Waals surface area contributed by atoms with Crippen LogP contribution >= 0.6 is 23.5 Å². The molecule has 3 aromatic rings. The summed E-state index contributed by atoms with van der Waals surface area (Å²) in [5.41, 5.74) is 4.39. The van der Waals surface area contributed by atoms with E-state index in [1.807, 2.05) is 66.5 Å². The van der Waals surface area contributed by atoms with Gasteiger partial charge in [-0.2, -0.15) is 0 Å². The van der Waals surface area contributed by atoms with Crippen LogP contribution in [-0.4, -0.2) is 29.6 Å². The van der Waals surface area contributed by atoms with Crippen molar-refractivity contribution in [3.8, 4) is 0 Å². The standard InChI is InChI=1S/C26H23N3OS2/c1-18-12-14-20(15-13-18)27-26-29(17-16-19-8-4-3-5-9-19)24(30)23(32-26)25-28(2)21-10-6-7-11-22(21)31-25/h3-15H,16-17H2,1-2H3. The number of anilines is 1. The number of aliphatic imine (C=N–C) groups is 1. The van der Waals surface area contributed by atoms with Crippen LogP contribution in [0.2, 0.25) is 0 Å². The Kier molecular flexibility index (Phi) is 5.81. The molecule has 3 aromatic carbocycles. The van der Waals surface area contributed by atoms with Crippen LogP contribution < -0.4 is 4.90 Å². The number of fused-ring (bicyclic) bond motifs is 1. The van der Waals surface area contributed by atoms with Gasteiger partial charge in [-0.25, -0.2) is 4.99 Å². The summed E-state index contributed by atoms with van der Waals surface area (Å²) in [6, 6.07) is 26.6. The fourth-order valence-electron chi connectivity index (χ4n) is 3.73. The molecule has 4 nitrogen and oxygen atoms in total. The molecule has 1 saturated heterocycles. The molecule has 0 aromatic heterocycles. The monoisotopic (exact) mass is 457 g/mol. The maximum absolute atomic E-state index is 13.6. The average Bonchev–Trinajstić information content (AvgIpc) is 3.31. The van der Waals surface area contributed by atoms with Crippen molar-refractivity contribution in [1.29, 1.82) is 0 Å². The topological polar surface area (TPSA) is 35.9 Å². The van der Waals surface area contributed by atoms with Crippen molar-refractivity contribution in [2.45, 2.75) is 18.2 Å². The lowest BCUT2D eigenvalue weighted by Crippen LogP contribution is -2.31. The molecule has 0 aliphatic carbocycles. The minimum Gasteiger partial charge on any atom is -0.337 e. The number of aryl methyl sites for hydroxylation is 1. The number of hydrogen-bond acceptors (Lipinski definition) is 5. The molecule has 2 aliphatic rings. The van der Waals surface area contributed by atoms with Gasteiger partial charge in [-0.15, -0.1) is 0 Å². The SMILES string of the molecule is Cc1ccc(N=C2SC(=C3Sc4ccccc4N3C)C(=O)N2CCc2ccccc2)cc1. The van der Waals surface area contributed by atoms with Crippen LogP contribution in [0, 0.1) is 6.92 Å². The summed E-state index contributed by atoms with van der Waals surface area (Å²) in [6.45, 7) is 2.66. The number of hydrogen-bond donors (Lipinski definition) is 0. The summed E-state index contributed by atoms with van der Waals surface area (Å²) in [6.07, 6.45) is 0.784. The van der Waals surface area contributed by atoms with E-state index in [-0.39, 0.29) is 5.91 Å².